The Morgan fingerprint density at radius 3 is 2.85 bits per heavy atom. The van der Waals surface area contributed by atoms with Crippen molar-refractivity contribution in [2.75, 3.05) is 6.54 Å². The lowest BCUT2D eigenvalue weighted by atomic mass is 10.4. The zero-order valence-corrected chi connectivity index (χ0v) is 13.7. The largest absolute Gasteiger partial charge is 0.312 e. The van der Waals surface area contributed by atoms with Gasteiger partial charge in [-0.25, -0.2) is 18.1 Å². The highest BCUT2D eigenvalue weighted by Crippen LogP contribution is 2.24. The summed E-state index contributed by atoms with van der Waals surface area (Å²) in [7, 11) is -3.48. The molecule has 2 heterocycles. The van der Waals surface area contributed by atoms with Crippen LogP contribution in [0.5, 0.6) is 0 Å². The zero-order valence-electron chi connectivity index (χ0n) is 11.3. The van der Waals surface area contributed by atoms with Crippen LogP contribution in [0, 0.1) is 0 Å². The molecule has 0 aromatic carbocycles. The summed E-state index contributed by atoms with van der Waals surface area (Å²) in [6.45, 7) is 5.37. The van der Waals surface area contributed by atoms with Gasteiger partial charge in [0.15, 0.2) is 0 Å². The van der Waals surface area contributed by atoms with Crippen LogP contribution in [0.15, 0.2) is 27.9 Å². The minimum atomic E-state index is -3.48. The SMILES string of the molecule is CCNCc1ccc(S(=O)(=O)NC(C)c2nccs2)s1. The average Bonchev–Trinajstić information content (AvgIpc) is 3.07. The highest BCUT2D eigenvalue weighted by atomic mass is 32.2. The van der Waals surface area contributed by atoms with Gasteiger partial charge in [0, 0.05) is 23.0 Å². The Bertz CT molecular complexity index is 635. The lowest BCUT2D eigenvalue weighted by Gasteiger charge is -2.10. The van der Waals surface area contributed by atoms with Gasteiger partial charge in [0.1, 0.15) is 9.22 Å². The highest BCUT2D eigenvalue weighted by molar-refractivity contribution is 7.91. The fourth-order valence-corrected chi connectivity index (χ4v) is 4.91. The molecule has 1 unspecified atom stereocenters. The maximum Gasteiger partial charge on any atom is 0.250 e. The summed E-state index contributed by atoms with van der Waals surface area (Å²) in [6.07, 6.45) is 1.67. The maximum atomic E-state index is 12.3. The molecule has 8 heteroatoms. The van der Waals surface area contributed by atoms with Gasteiger partial charge in [-0.2, -0.15) is 0 Å². The number of thiophene rings is 1. The van der Waals surface area contributed by atoms with Gasteiger partial charge in [0.25, 0.3) is 10.0 Å². The second kappa shape index (κ2) is 6.77. The molecule has 20 heavy (non-hydrogen) atoms. The summed E-state index contributed by atoms with van der Waals surface area (Å²) >= 11 is 2.73. The normalized spacial score (nSPS) is 13.5. The second-order valence-electron chi connectivity index (χ2n) is 4.21. The monoisotopic (exact) mass is 331 g/mol. The van der Waals surface area contributed by atoms with Gasteiger partial charge in [-0.3, -0.25) is 0 Å². The Morgan fingerprint density at radius 2 is 2.20 bits per heavy atom. The third-order valence-corrected chi connectivity index (χ3v) is 6.68. The third kappa shape index (κ3) is 3.86. The number of hydrogen-bond acceptors (Lipinski definition) is 6. The number of aromatic nitrogens is 1. The molecule has 2 N–H and O–H groups in total. The quantitative estimate of drug-likeness (QED) is 0.817. The van der Waals surface area contributed by atoms with E-state index in [1.807, 2.05) is 18.4 Å². The van der Waals surface area contributed by atoms with E-state index in [0.717, 1.165) is 16.4 Å². The Kier molecular flexibility index (Phi) is 5.28. The third-order valence-electron chi connectivity index (χ3n) is 2.60. The molecule has 0 aliphatic carbocycles. The summed E-state index contributed by atoms with van der Waals surface area (Å²) in [6, 6.07) is 3.17. The van der Waals surface area contributed by atoms with Crippen LogP contribution in [-0.2, 0) is 16.6 Å². The van der Waals surface area contributed by atoms with Crippen molar-refractivity contribution >= 4 is 32.7 Å². The van der Waals surface area contributed by atoms with Crippen molar-refractivity contribution in [3.05, 3.63) is 33.6 Å². The van der Waals surface area contributed by atoms with Crippen LogP contribution in [-0.4, -0.2) is 19.9 Å². The molecule has 0 amide bonds. The molecule has 0 aliphatic heterocycles. The molecule has 0 fully saturated rings. The molecule has 5 nitrogen and oxygen atoms in total. The summed E-state index contributed by atoms with van der Waals surface area (Å²) in [5.41, 5.74) is 0. The first-order chi connectivity index (χ1) is 9.53. The zero-order chi connectivity index (χ0) is 14.6. The van der Waals surface area contributed by atoms with Crippen LogP contribution in [0.25, 0.3) is 0 Å². The smallest absolute Gasteiger partial charge is 0.250 e. The fraction of sp³-hybridized carbons (Fsp3) is 0.417. The molecule has 0 aliphatic rings. The van der Waals surface area contributed by atoms with Gasteiger partial charge in [-0.05, 0) is 25.6 Å². The molecular formula is C12H17N3O2S3. The van der Waals surface area contributed by atoms with E-state index in [9.17, 15) is 8.42 Å². The van der Waals surface area contributed by atoms with E-state index in [2.05, 4.69) is 15.0 Å². The molecular weight excluding hydrogens is 314 g/mol. The van der Waals surface area contributed by atoms with Gasteiger partial charge in [0.2, 0.25) is 0 Å². The molecule has 2 rings (SSSR count). The first-order valence-electron chi connectivity index (χ1n) is 6.24. The fourth-order valence-electron chi connectivity index (χ4n) is 1.64. The van der Waals surface area contributed by atoms with Gasteiger partial charge in [0.05, 0.1) is 6.04 Å². The van der Waals surface area contributed by atoms with Crippen molar-refractivity contribution in [1.29, 1.82) is 0 Å². The van der Waals surface area contributed by atoms with E-state index in [-0.39, 0.29) is 6.04 Å². The van der Waals surface area contributed by atoms with Crippen molar-refractivity contribution < 1.29 is 8.42 Å². The Balaban J connectivity index is 2.08. The Labute approximate surface area is 127 Å². The van der Waals surface area contributed by atoms with Crippen LogP contribution in [0.4, 0.5) is 0 Å². The number of rotatable bonds is 7. The van der Waals surface area contributed by atoms with E-state index < -0.39 is 10.0 Å². The molecule has 2 aromatic rings. The van der Waals surface area contributed by atoms with Gasteiger partial charge >= 0.3 is 0 Å². The number of nitrogens with zero attached hydrogens (tertiary/aromatic N) is 1. The maximum absolute atomic E-state index is 12.3. The molecule has 2 aromatic heterocycles. The van der Waals surface area contributed by atoms with Crippen LogP contribution in [0.1, 0.15) is 29.8 Å². The summed E-state index contributed by atoms with van der Waals surface area (Å²) in [5.74, 6) is 0. The summed E-state index contributed by atoms with van der Waals surface area (Å²) in [4.78, 5) is 5.13. The molecule has 0 spiro atoms. The van der Waals surface area contributed by atoms with Gasteiger partial charge < -0.3 is 5.32 Å². The van der Waals surface area contributed by atoms with Crippen molar-refractivity contribution in [2.45, 2.75) is 30.6 Å². The number of nitrogens with one attached hydrogen (secondary N) is 2. The van der Waals surface area contributed by atoms with E-state index >= 15 is 0 Å². The van der Waals surface area contributed by atoms with E-state index in [1.165, 1.54) is 22.7 Å². The number of hydrogen-bond donors (Lipinski definition) is 2. The van der Waals surface area contributed by atoms with Gasteiger partial charge in [-0.15, -0.1) is 22.7 Å². The van der Waals surface area contributed by atoms with Gasteiger partial charge in [-0.1, -0.05) is 6.92 Å². The standard InChI is InChI=1S/C12H17N3O2S3/c1-3-13-8-10-4-5-11(19-10)20(16,17)15-9(2)12-14-6-7-18-12/h4-7,9,13,15H,3,8H2,1-2H3. The summed E-state index contributed by atoms with van der Waals surface area (Å²) in [5, 5.41) is 5.77. The lowest BCUT2D eigenvalue weighted by Crippen LogP contribution is -2.26. The predicted molar refractivity (Wildman–Crippen MR) is 82.6 cm³/mol. The van der Waals surface area contributed by atoms with Crippen molar-refractivity contribution in [3.8, 4) is 0 Å². The topological polar surface area (TPSA) is 71.1 Å². The van der Waals surface area contributed by atoms with Crippen molar-refractivity contribution in [3.63, 3.8) is 0 Å². The second-order valence-corrected chi connectivity index (χ2v) is 8.25. The molecule has 0 saturated carbocycles. The minimum absolute atomic E-state index is 0.320. The van der Waals surface area contributed by atoms with Crippen LogP contribution >= 0.6 is 22.7 Å². The predicted octanol–water partition coefficient (Wildman–Crippen LogP) is 2.35. The van der Waals surface area contributed by atoms with Crippen LogP contribution < -0.4 is 10.0 Å². The van der Waals surface area contributed by atoms with E-state index in [1.54, 1.807) is 19.2 Å². The minimum Gasteiger partial charge on any atom is -0.312 e. The first kappa shape index (κ1) is 15.6. The molecule has 1 atom stereocenters. The summed E-state index contributed by atoms with van der Waals surface area (Å²) < 4.78 is 27.6. The van der Waals surface area contributed by atoms with E-state index in [4.69, 9.17) is 0 Å². The molecule has 0 saturated heterocycles. The molecule has 0 radical (unpaired) electrons. The average molecular weight is 331 g/mol. The first-order valence-corrected chi connectivity index (χ1v) is 9.42. The highest BCUT2D eigenvalue weighted by Gasteiger charge is 2.21. The Morgan fingerprint density at radius 1 is 1.40 bits per heavy atom. The van der Waals surface area contributed by atoms with Crippen molar-refractivity contribution in [2.24, 2.45) is 0 Å². The number of thiazole rings is 1. The van der Waals surface area contributed by atoms with Crippen LogP contribution in [0.2, 0.25) is 0 Å². The molecule has 110 valence electrons. The lowest BCUT2D eigenvalue weighted by molar-refractivity contribution is 0.568. The molecule has 0 bridgehead atoms. The number of sulfonamides is 1. The Hall–Kier alpha value is -0.800. The van der Waals surface area contributed by atoms with E-state index in [0.29, 0.717) is 10.8 Å². The van der Waals surface area contributed by atoms with Crippen LogP contribution in [0.3, 0.4) is 0 Å². The van der Waals surface area contributed by atoms with Crippen molar-refractivity contribution in [1.82, 2.24) is 15.0 Å².